The SMILES string of the molecule is O=Cc1ccc(-c2ccc(Cl)c(Cl)c2Cl)nc1. The van der Waals surface area contributed by atoms with Crippen molar-refractivity contribution in [1.29, 1.82) is 0 Å². The molecule has 2 aromatic rings. The number of halogens is 3. The highest BCUT2D eigenvalue weighted by atomic mass is 35.5. The normalized spacial score (nSPS) is 10.3. The molecule has 0 N–H and O–H groups in total. The topological polar surface area (TPSA) is 30.0 Å². The van der Waals surface area contributed by atoms with Crippen molar-refractivity contribution in [3.8, 4) is 11.3 Å². The van der Waals surface area contributed by atoms with Gasteiger partial charge in [-0.1, -0.05) is 34.8 Å². The van der Waals surface area contributed by atoms with E-state index in [2.05, 4.69) is 4.98 Å². The lowest BCUT2D eigenvalue weighted by Crippen LogP contribution is -1.88. The maximum absolute atomic E-state index is 10.5. The first-order valence-corrected chi connectivity index (χ1v) is 5.82. The van der Waals surface area contributed by atoms with Gasteiger partial charge < -0.3 is 0 Å². The van der Waals surface area contributed by atoms with Gasteiger partial charge in [0.05, 0.1) is 20.8 Å². The van der Waals surface area contributed by atoms with Crippen molar-refractivity contribution < 1.29 is 4.79 Å². The zero-order chi connectivity index (χ0) is 12.4. The summed E-state index contributed by atoms with van der Waals surface area (Å²) in [5, 5.41) is 1.04. The van der Waals surface area contributed by atoms with Crippen LogP contribution in [0.15, 0.2) is 30.5 Å². The van der Waals surface area contributed by atoms with Gasteiger partial charge in [-0.05, 0) is 24.3 Å². The van der Waals surface area contributed by atoms with Gasteiger partial charge in [0.1, 0.15) is 0 Å². The molecule has 0 saturated heterocycles. The summed E-state index contributed by atoms with van der Waals surface area (Å²) < 4.78 is 0. The molecule has 1 aromatic heterocycles. The van der Waals surface area contributed by atoms with Crippen molar-refractivity contribution >= 4 is 41.1 Å². The minimum atomic E-state index is 0.298. The molecule has 0 unspecified atom stereocenters. The smallest absolute Gasteiger partial charge is 0.151 e. The zero-order valence-electron chi connectivity index (χ0n) is 8.45. The van der Waals surface area contributed by atoms with Crippen molar-refractivity contribution in [3.05, 3.63) is 51.1 Å². The zero-order valence-corrected chi connectivity index (χ0v) is 10.7. The van der Waals surface area contributed by atoms with Crippen LogP contribution in [-0.2, 0) is 0 Å². The molecule has 0 atom stereocenters. The van der Waals surface area contributed by atoms with Gasteiger partial charge in [-0.3, -0.25) is 9.78 Å². The second-order valence-electron chi connectivity index (χ2n) is 3.32. The van der Waals surface area contributed by atoms with E-state index in [9.17, 15) is 4.79 Å². The predicted molar refractivity (Wildman–Crippen MR) is 70.1 cm³/mol. The summed E-state index contributed by atoms with van der Waals surface area (Å²) in [5.74, 6) is 0. The highest BCUT2D eigenvalue weighted by Crippen LogP contribution is 2.37. The Kier molecular flexibility index (Phi) is 3.67. The molecular formula is C12H6Cl3NO. The Morgan fingerprint density at radius 3 is 2.35 bits per heavy atom. The van der Waals surface area contributed by atoms with Crippen LogP contribution in [0.1, 0.15) is 10.4 Å². The van der Waals surface area contributed by atoms with E-state index < -0.39 is 0 Å². The summed E-state index contributed by atoms with van der Waals surface area (Å²) in [7, 11) is 0. The number of pyridine rings is 1. The quantitative estimate of drug-likeness (QED) is 0.600. The summed E-state index contributed by atoms with van der Waals surface area (Å²) in [6, 6.07) is 6.75. The second kappa shape index (κ2) is 5.05. The van der Waals surface area contributed by atoms with E-state index in [0.717, 1.165) is 6.29 Å². The lowest BCUT2D eigenvalue weighted by molar-refractivity contribution is 0.112. The van der Waals surface area contributed by atoms with Gasteiger partial charge in [0.2, 0.25) is 0 Å². The summed E-state index contributed by atoms with van der Waals surface area (Å²) in [6.45, 7) is 0. The summed E-state index contributed by atoms with van der Waals surface area (Å²) >= 11 is 17.9. The number of hydrogen-bond donors (Lipinski definition) is 0. The lowest BCUT2D eigenvalue weighted by atomic mass is 10.1. The Balaban J connectivity index is 2.53. The molecule has 0 radical (unpaired) electrons. The first-order chi connectivity index (χ1) is 8.13. The van der Waals surface area contributed by atoms with Crippen LogP contribution in [0.2, 0.25) is 15.1 Å². The second-order valence-corrected chi connectivity index (χ2v) is 4.48. The molecule has 5 heteroatoms. The molecule has 0 amide bonds. The Morgan fingerprint density at radius 1 is 1.00 bits per heavy atom. The summed E-state index contributed by atoms with van der Waals surface area (Å²) in [6.07, 6.45) is 2.20. The van der Waals surface area contributed by atoms with E-state index in [0.29, 0.717) is 31.9 Å². The van der Waals surface area contributed by atoms with Gasteiger partial charge in [0.25, 0.3) is 0 Å². The van der Waals surface area contributed by atoms with E-state index >= 15 is 0 Å². The largest absolute Gasteiger partial charge is 0.298 e. The third-order valence-corrected chi connectivity index (χ3v) is 3.53. The average Bonchev–Trinajstić information content (AvgIpc) is 2.36. The summed E-state index contributed by atoms with van der Waals surface area (Å²) in [4.78, 5) is 14.6. The molecule has 0 spiro atoms. The lowest BCUT2D eigenvalue weighted by Gasteiger charge is -2.06. The minimum Gasteiger partial charge on any atom is -0.298 e. The van der Waals surface area contributed by atoms with Crippen LogP contribution in [0.25, 0.3) is 11.3 Å². The fourth-order valence-electron chi connectivity index (χ4n) is 1.36. The number of benzene rings is 1. The molecule has 17 heavy (non-hydrogen) atoms. The van der Waals surface area contributed by atoms with Crippen LogP contribution < -0.4 is 0 Å². The van der Waals surface area contributed by atoms with E-state index in [1.54, 1.807) is 24.3 Å². The maximum Gasteiger partial charge on any atom is 0.151 e. The van der Waals surface area contributed by atoms with E-state index in [-0.39, 0.29) is 0 Å². The minimum absolute atomic E-state index is 0.298. The fraction of sp³-hybridized carbons (Fsp3) is 0. The first kappa shape index (κ1) is 12.4. The number of carbonyl (C=O) groups is 1. The van der Waals surface area contributed by atoms with Crippen molar-refractivity contribution in [2.24, 2.45) is 0 Å². The third-order valence-electron chi connectivity index (χ3n) is 2.23. The Labute approximate surface area is 113 Å². The number of nitrogens with zero attached hydrogens (tertiary/aromatic N) is 1. The molecule has 0 aliphatic rings. The van der Waals surface area contributed by atoms with Crippen LogP contribution in [0.3, 0.4) is 0 Å². The van der Waals surface area contributed by atoms with Gasteiger partial charge in [0.15, 0.2) is 6.29 Å². The maximum atomic E-state index is 10.5. The fourth-order valence-corrected chi connectivity index (χ4v) is 1.99. The first-order valence-electron chi connectivity index (χ1n) is 4.68. The van der Waals surface area contributed by atoms with Crippen LogP contribution >= 0.6 is 34.8 Å². The van der Waals surface area contributed by atoms with Gasteiger partial charge in [-0.2, -0.15) is 0 Å². The molecular weight excluding hydrogens is 280 g/mol. The van der Waals surface area contributed by atoms with Crippen LogP contribution in [-0.4, -0.2) is 11.3 Å². The molecule has 2 nitrogen and oxygen atoms in total. The van der Waals surface area contributed by atoms with Crippen LogP contribution in [0.4, 0.5) is 0 Å². The molecule has 0 fully saturated rings. The Hall–Kier alpha value is -1.09. The number of aromatic nitrogens is 1. The standard InChI is InChI=1S/C12H6Cl3NO/c13-9-3-2-8(11(14)12(9)15)10-4-1-7(6-17)5-16-10/h1-6H. The molecule has 0 aliphatic carbocycles. The van der Waals surface area contributed by atoms with E-state index in [1.165, 1.54) is 6.20 Å². The van der Waals surface area contributed by atoms with Crippen LogP contribution in [0.5, 0.6) is 0 Å². The number of aldehydes is 1. The molecule has 1 heterocycles. The molecule has 1 aromatic carbocycles. The third kappa shape index (κ3) is 2.44. The van der Waals surface area contributed by atoms with Crippen LogP contribution in [0, 0.1) is 0 Å². The molecule has 2 rings (SSSR count). The summed E-state index contributed by atoms with van der Waals surface area (Å²) in [5.41, 5.74) is 1.82. The molecule has 0 bridgehead atoms. The molecule has 0 aliphatic heterocycles. The predicted octanol–water partition coefficient (Wildman–Crippen LogP) is 4.52. The Bertz CT molecular complexity index is 567. The number of rotatable bonds is 2. The van der Waals surface area contributed by atoms with Crippen molar-refractivity contribution in [2.75, 3.05) is 0 Å². The van der Waals surface area contributed by atoms with E-state index in [1.807, 2.05) is 0 Å². The van der Waals surface area contributed by atoms with Gasteiger partial charge >= 0.3 is 0 Å². The van der Waals surface area contributed by atoms with Crippen molar-refractivity contribution in [2.45, 2.75) is 0 Å². The monoisotopic (exact) mass is 285 g/mol. The molecule has 0 saturated carbocycles. The highest BCUT2D eigenvalue weighted by molar-refractivity contribution is 6.49. The Morgan fingerprint density at radius 2 is 1.76 bits per heavy atom. The van der Waals surface area contributed by atoms with Crippen molar-refractivity contribution in [1.82, 2.24) is 4.98 Å². The number of carbonyl (C=O) groups excluding carboxylic acids is 1. The highest BCUT2D eigenvalue weighted by Gasteiger charge is 2.11. The van der Waals surface area contributed by atoms with Gasteiger partial charge in [0, 0.05) is 17.3 Å². The number of hydrogen-bond acceptors (Lipinski definition) is 2. The van der Waals surface area contributed by atoms with Gasteiger partial charge in [-0.15, -0.1) is 0 Å². The average molecular weight is 287 g/mol. The van der Waals surface area contributed by atoms with Gasteiger partial charge in [-0.25, -0.2) is 0 Å². The molecule has 86 valence electrons. The van der Waals surface area contributed by atoms with Crippen molar-refractivity contribution in [3.63, 3.8) is 0 Å². The van der Waals surface area contributed by atoms with E-state index in [4.69, 9.17) is 34.8 Å².